The van der Waals surface area contributed by atoms with Crippen molar-refractivity contribution in [2.24, 2.45) is 0 Å². The lowest BCUT2D eigenvalue weighted by molar-refractivity contribution is 0.102. The van der Waals surface area contributed by atoms with Gasteiger partial charge in [0.1, 0.15) is 5.82 Å². The maximum atomic E-state index is 13.3. The summed E-state index contributed by atoms with van der Waals surface area (Å²) in [6, 6.07) is 15.9. The molecule has 134 valence electrons. The lowest BCUT2D eigenvalue weighted by Crippen LogP contribution is -2.12. The van der Waals surface area contributed by atoms with Crippen LogP contribution >= 0.6 is 11.3 Å². The van der Waals surface area contributed by atoms with E-state index in [1.165, 1.54) is 23.5 Å². The van der Waals surface area contributed by atoms with Gasteiger partial charge in [-0.2, -0.15) is 0 Å². The van der Waals surface area contributed by atoms with Crippen LogP contribution in [0.25, 0.3) is 11.3 Å². The molecule has 0 saturated carbocycles. The molecule has 6 nitrogen and oxygen atoms in total. The lowest BCUT2D eigenvalue weighted by Gasteiger charge is -1.99. The van der Waals surface area contributed by atoms with E-state index in [0.717, 1.165) is 5.56 Å². The standard InChI is InChI=1S/C19H14FN5OS/c20-15-8-4-7-14(9-15)17-12-27-19(21-17)22-18(26)16-11-25(24-23-16)10-13-5-2-1-3-6-13/h1-9,11-12H,10H2,(H,21,22,26). The Morgan fingerprint density at radius 2 is 2.00 bits per heavy atom. The summed E-state index contributed by atoms with van der Waals surface area (Å²) in [5.74, 6) is -0.726. The van der Waals surface area contributed by atoms with Gasteiger partial charge in [0.15, 0.2) is 10.8 Å². The molecule has 0 fully saturated rings. The smallest absolute Gasteiger partial charge is 0.279 e. The minimum absolute atomic E-state index is 0.202. The number of hydrogen-bond acceptors (Lipinski definition) is 5. The molecule has 0 atom stereocenters. The minimum Gasteiger partial charge on any atom is -0.296 e. The van der Waals surface area contributed by atoms with Crippen LogP contribution in [0.3, 0.4) is 0 Å². The number of nitrogens with zero attached hydrogens (tertiary/aromatic N) is 4. The van der Waals surface area contributed by atoms with Crippen LogP contribution in [0.1, 0.15) is 16.1 Å². The Kier molecular flexibility index (Phi) is 4.71. The van der Waals surface area contributed by atoms with Gasteiger partial charge in [0.25, 0.3) is 5.91 Å². The van der Waals surface area contributed by atoms with Crippen molar-refractivity contribution < 1.29 is 9.18 Å². The first-order chi connectivity index (χ1) is 13.2. The highest BCUT2D eigenvalue weighted by molar-refractivity contribution is 7.14. The number of carbonyl (C=O) groups excluding carboxylic acids is 1. The molecule has 0 radical (unpaired) electrons. The molecule has 0 aliphatic carbocycles. The van der Waals surface area contributed by atoms with Crippen molar-refractivity contribution in [2.75, 3.05) is 5.32 Å². The van der Waals surface area contributed by atoms with Crippen LogP contribution in [0.4, 0.5) is 9.52 Å². The van der Waals surface area contributed by atoms with E-state index in [9.17, 15) is 9.18 Å². The monoisotopic (exact) mass is 379 g/mol. The van der Waals surface area contributed by atoms with Crippen molar-refractivity contribution in [3.63, 3.8) is 0 Å². The first-order valence-corrected chi connectivity index (χ1v) is 9.02. The van der Waals surface area contributed by atoms with Crippen LogP contribution in [0.5, 0.6) is 0 Å². The van der Waals surface area contributed by atoms with Gasteiger partial charge in [0.05, 0.1) is 18.4 Å². The molecule has 0 bridgehead atoms. The first kappa shape index (κ1) is 17.0. The van der Waals surface area contributed by atoms with Crippen LogP contribution in [0.2, 0.25) is 0 Å². The fourth-order valence-electron chi connectivity index (χ4n) is 2.52. The number of nitrogens with one attached hydrogen (secondary N) is 1. The second-order valence-electron chi connectivity index (χ2n) is 5.79. The van der Waals surface area contributed by atoms with Gasteiger partial charge in [-0.3, -0.25) is 10.1 Å². The maximum Gasteiger partial charge on any atom is 0.279 e. The molecule has 2 aromatic carbocycles. The van der Waals surface area contributed by atoms with Crippen LogP contribution in [0, 0.1) is 5.82 Å². The largest absolute Gasteiger partial charge is 0.296 e. The number of thiazole rings is 1. The summed E-state index contributed by atoms with van der Waals surface area (Å²) < 4.78 is 14.9. The molecular formula is C19H14FN5OS. The molecule has 8 heteroatoms. The van der Waals surface area contributed by atoms with E-state index < -0.39 is 5.91 Å². The summed E-state index contributed by atoms with van der Waals surface area (Å²) in [5.41, 5.74) is 2.52. The zero-order valence-electron chi connectivity index (χ0n) is 14.0. The topological polar surface area (TPSA) is 72.7 Å². The maximum absolute atomic E-state index is 13.3. The molecule has 0 saturated heterocycles. The van der Waals surface area contributed by atoms with Gasteiger partial charge < -0.3 is 0 Å². The van der Waals surface area contributed by atoms with Gasteiger partial charge >= 0.3 is 0 Å². The number of amides is 1. The van der Waals surface area contributed by atoms with E-state index in [2.05, 4.69) is 20.6 Å². The van der Waals surface area contributed by atoms with Crippen molar-refractivity contribution >= 4 is 22.4 Å². The van der Waals surface area contributed by atoms with Crippen molar-refractivity contribution in [3.8, 4) is 11.3 Å². The molecule has 0 unspecified atom stereocenters. The molecule has 0 spiro atoms. The second-order valence-corrected chi connectivity index (χ2v) is 6.65. The lowest BCUT2D eigenvalue weighted by atomic mass is 10.2. The highest BCUT2D eigenvalue weighted by atomic mass is 32.1. The van der Waals surface area contributed by atoms with E-state index >= 15 is 0 Å². The van der Waals surface area contributed by atoms with E-state index in [0.29, 0.717) is 22.9 Å². The Hall–Kier alpha value is -3.39. The van der Waals surface area contributed by atoms with Crippen molar-refractivity contribution in [3.05, 3.63) is 83.2 Å². The fraction of sp³-hybridized carbons (Fsp3) is 0.0526. The molecule has 1 amide bonds. The number of benzene rings is 2. The number of anilines is 1. The predicted octanol–water partition coefficient (Wildman–Crippen LogP) is 3.84. The van der Waals surface area contributed by atoms with Gasteiger partial charge in [0.2, 0.25) is 0 Å². The van der Waals surface area contributed by atoms with Crippen LogP contribution in [-0.4, -0.2) is 25.9 Å². The third-order valence-corrected chi connectivity index (χ3v) is 4.56. The number of rotatable bonds is 5. The van der Waals surface area contributed by atoms with Crippen LogP contribution in [-0.2, 0) is 6.54 Å². The summed E-state index contributed by atoms with van der Waals surface area (Å²) in [7, 11) is 0. The number of hydrogen-bond donors (Lipinski definition) is 1. The second kappa shape index (κ2) is 7.46. The Bertz CT molecular complexity index is 1080. The van der Waals surface area contributed by atoms with Gasteiger partial charge in [-0.1, -0.05) is 47.7 Å². The molecule has 0 aliphatic rings. The van der Waals surface area contributed by atoms with Crippen molar-refractivity contribution in [1.29, 1.82) is 0 Å². The Labute approximate surface area is 158 Å². The van der Waals surface area contributed by atoms with Gasteiger partial charge in [-0.25, -0.2) is 14.1 Å². The van der Waals surface area contributed by atoms with E-state index in [1.54, 1.807) is 28.4 Å². The Morgan fingerprint density at radius 3 is 2.81 bits per heavy atom. The SMILES string of the molecule is O=C(Nc1nc(-c2cccc(F)c2)cs1)c1cn(Cc2ccccc2)nn1. The molecule has 2 heterocycles. The van der Waals surface area contributed by atoms with Gasteiger partial charge in [-0.05, 0) is 17.7 Å². The quantitative estimate of drug-likeness (QED) is 0.572. The molecular weight excluding hydrogens is 365 g/mol. The molecule has 1 N–H and O–H groups in total. The molecule has 4 aromatic rings. The molecule has 2 aromatic heterocycles. The summed E-state index contributed by atoms with van der Waals surface area (Å²) in [6.45, 7) is 0.530. The van der Waals surface area contributed by atoms with E-state index in [-0.39, 0.29) is 11.5 Å². The molecule has 27 heavy (non-hydrogen) atoms. The Balaban J connectivity index is 1.44. The van der Waals surface area contributed by atoms with E-state index in [4.69, 9.17) is 0 Å². The number of carbonyl (C=O) groups is 1. The predicted molar refractivity (Wildman–Crippen MR) is 101 cm³/mol. The number of halogens is 1. The summed E-state index contributed by atoms with van der Waals surface area (Å²) in [4.78, 5) is 16.7. The zero-order chi connectivity index (χ0) is 18.6. The average Bonchev–Trinajstić information content (AvgIpc) is 3.32. The Morgan fingerprint density at radius 1 is 1.15 bits per heavy atom. The third-order valence-electron chi connectivity index (χ3n) is 3.80. The summed E-state index contributed by atoms with van der Waals surface area (Å²) in [6.07, 6.45) is 1.59. The van der Waals surface area contributed by atoms with Gasteiger partial charge in [0, 0.05) is 10.9 Å². The zero-order valence-corrected chi connectivity index (χ0v) is 14.9. The fourth-order valence-corrected chi connectivity index (χ4v) is 3.24. The molecule has 0 aliphatic heterocycles. The first-order valence-electron chi connectivity index (χ1n) is 8.14. The average molecular weight is 379 g/mol. The highest BCUT2D eigenvalue weighted by Crippen LogP contribution is 2.25. The summed E-state index contributed by atoms with van der Waals surface area (Å²) >= 11 is 1.26. The van der Waals surface area contributed by atoms with E-state index in [1.807, 2.05) is 30.3 Å². The molecule has 4 rings (SSSR count). The highest BCUT2D eigenvalue weighted by Gasteiger charge is 2.14. The summed E-state index contributed by atoms with van der Waals surface area (Å²) in [5, 5.41) is 12.8. The van der Waals surface area contributed by atoms with Crippen molar-refractivity contribution in [2.45, 2.75) is 6.54 Å². The van der Waals surface area contributed by atoms with Crippen molar-refractivity contribution in [1.82, 2.24) is 20.0 Å². The van der Waals surface area contributed by atoms with Gasteiger partial charge in [-0.15, -0.1) is 16.4 Å². The number of aromatic nitrogens is 4. The van der Waals surface area contributed by atoms with Crippen LogP contribution in [0.15, 0.2) is 66.2 Å². The normalized spacial score (nSPS) is 10.7. The third kappa shape index (κ3) is 4.06. The minimum atomic E-state index is -0.394. The van der Waals surface area contributed by atoms with Crippen LogP contribution < -0.4 is 5.32 Å².